The van der Waals surface area contributed by atoms with Gasteiger partial charge in [-0.2, -0.15) is 8.78 Å². The lowest BCUT2D eigenvalue weighted by molar-refractivity contribution is -0.144. The molecule has 0 amide bonds. The fraction of sp³-hybridized carbons (Fsp3) is 0.500. The first-order valence-corrected chi connectivity index (χ1v) is 6.57. The molecule has 1 aliphatic heterocycles. The van der Waals surface area contributed by atoms with E-state index in [0.29, 0.717) is 19.5 Å². The Bertz CT molecular complexity index is 467. The average Bonchev–Trinajstić information content (AvgIpc) is 2.38. The zero-order valence-corrected chi connectivity index (χ0v) is 11.0. The Kier molecular flexibility index (Phi) is 4.89. The van der Waals surface area contributed by atoms with Crippen LogP contribution in [-0.4, -0.2) is 35.2 Å². The molecule has 1 aromatic carbocycles. The van der Waals surface area contributed by atoms with Crippen LogP contribution >= 0.6 is 0 Å². The number of carboxylic acids is 1. The van der Waals surface area contributed by atoms with Gasteiger partial charge in [-0.05, 0) is 37.1 Å². The van der Waals surface area contributed by atoms with Gasteiger partial charge in [0.25, 0.3) is 0 Å². The first-order chi connectivity index (χ1) is 9.56. The highest BCUT2D eigenvalue weighted by atomic mass is 19.3. The summed E-state index contributed by atoms with van der Waals surface area (Å²) in [6.07, 6.45) is 2.49. The fourth-order valence-corrected chi connectivity index (χ4v) is 2.51. The molecule has 1 aromatic rings. The predicted molar refractivity (Wildman–Crippen MR) is 68.8 cm³/mol. The molecule has 0 radical (unpaired) electrons. The van der Waals surface area contributed by atoms with Gasteiger partial charge in [-0.1, -0.05) is 18.6 Å². The highest BCUT2D eigenvalue weighted by Crippen LogP contribution is 2.22. The molecule has 1 N–H and O–H groups in total. The van der Waals surface area contributed by atoms with E-state index in [1.54, 1.807) is 12.1 Å². The molecule has 4 nitrogen and oxygen atoms in total. The van der Waals surface area contributed by atoms with Crippen LogP contribution in [0.15, 0.2) is 24.3 Å². The molecule has 1 heterocycles. The van der Waals surface area contributed by atoms with E-state index in [2.05, 4.69) is 4.74 Å². The van der Waals surface area contributed by atoms with Gasteiger partial charge in [0.2, 0.25) is 0 Å². The minimum atomic E-state index is -2.85. The number of carbonyl (C=O) groups is 1. The molecule has 110 valence electrons. The number of ether oxygens (including phenoxy) is 1. The lowest BCUT2D eigenvalue weighted by atomic mass is 10.0. The Labute approximate surface area is 116 Å². The van der Waals surface area contributed by atoms with Gasteiger partial charge in [0.05, 0.1) is 0 Å². The number of hydrogen-bond donors (Lipinski definition) is 1. The van der Waals surface area contributed by atoms with Gasteiger partial charge in [-0.15, -0.1) is 0 Å². The van der Waals surface area contributed by atoms with Crippen LogP contribution in [0.5, 0.6) is 5.75 Å². The summed E-state index contributed by atoms with van der Waals surface area (Å²) < 4.78 is 28.7. The van der Waals surface area contributed by atoms with E-state index in [1.807, 2.05) is 4.90 Å². The minimum Gasteiger partial charge on any atom is -0.480 e. The molecule has 0 aliphatic carbocycles. The standard InChI is InChI=1S/C14H17F2NO3/c15-14(16)20-11-5-3-4-10(8-11)9-17-7-2-1-6-12(17)13(18)19/h3-5,8,12,14H,1-2,6-7,9H2,(H,18,19). The molecule has 1 atom stereocenters. The SMILES string of the molecule is O=C(O)C1CCCCN1Cc1cccc(OC(F)F)c1. The smallest absolute Gasteiger partial charge is 0.387 e. The van der Waals surface area contributed by atoms with E-state index in [0.717, 1.165) is 18.4 Å². The van der Waals surface area contributed by atoms with Gasteiger partial charge in [-0.25, -0.2) is 0 Å². The molecule has 1 saturated heterocycles. The third-order valence-electron chi connectivity index (χ3n) is 3.41. The third-order valence-corrected chi connectivity index (χ3v) is 3.41. The highest BCUT2D eigenvalue weighted by Gasteiger charge is 2.28. The van der Waals surface area contributed by atoms with Crippen molar-refractivity contribution < 1.29 is 23.4 Å². The van der Waals surface area contributed by atoms with E-state index in [-0.39, 0.29) is 5.75 Å². The van der Waals surface area contributed by atoms with Gasteiger partial charge in [-0.3, -0.25) is 9.69 Å². The largest absolute Gasteiger partial charge is 0.480 e. The summed E-state index contributed by atoms with van der Waals surface area (Å²) in [6, 6.07) is 5.90. The van der Waals surface area contributed by atoms with Crippen LogP contribution < -0.4 is 4.74 Å². The molecule has 0 aromatic heterocycles. The maximum Gasteiger partial charge on any atom is 0.387 e. The summed E-state index contributed by atoms with van der Waals surface area (Å²) in [7, 11) is 0. The number of nitrogens with zero attached hydrogens (tertiary/aromatic N) is 1. The van der Waals surface area contributed by atoms with Crippen LogP contribution in [0.25, 0.3) is 0 Å². The minimum absolute atomic E-state index is 0.0985. The van der Waals surface area contributed by atoms with Crippen molar-refractivity contribution in [1.29, 1.82) is 0 Å². The summed E-state index contributed by atoms with van der Waals surface area (Å²) >= 11 is 0. The number of aliphatic carboxylic acids is 1. The first-order valence-electron chi connectivity index (χ1n) is 6.57. The molecule has 2 rings (SSSR count). The Hall–Kier alpha value is -1.69. The normalized spacial score (nSPS) is 20.1. The number of carboxylic acid groups (broad SMARTS) is 1. The number of piperidine rings is 1. The molecule has 1 fully saturated rings. The summed E-state index contributed by atoms with van der Waals surface area (Å²) in [5.74, 6) is -0.730. The number of benzene rings is 1. The van der Waals surface area contributed by atoms with Crippen molar-refractivity contribution in [2.24, 2.45) is 0 Å². The van der Waals surface area contributed by atoms with Crippen LogP contribution in [0.2, 0.25) is 0 Å². The van der Waals surface area contributed by atoms with E-state index in [4.69, 9.17) is 0 Å². The molecule has 0 spiro atoms. The van der Waals surface area contributed by atoms with Gasteiger partial charge in [0.1, 0.15) is 11.8 Å². The van der Waals surface area contributed by atoms with Gasteiger partial charge in [0.15, 0.2) is 0 Å². The quantitative estimate of drug-likeness (QED) is 0.903. The maximum atomic E-state index is 12.2. The van der Waals surface area contributed by atoms with Crippen LogP contribution in [-0.2, 0) is 11.3 Å². The molecular weight excluding hydrogens is 268 g/mol. The summed E-state index contributed by atoms with van der Waals surface area (Å²) in [5.41, 5.74) is 0.774. The highest BCUT2D eigenvalue weighted by molar-refractivity contribution is 5.73. The summed E-state index contributed by atoms with van der Waals surface area (Å²) in [6.45, 7) is -1.72. The van der Waals surface area contributed by atoms with Crippen molar-refractivity contribution in [1.82, 2.24) is 4.90 Å². The van der Waals surface area contributed by atoms with Crippen molar-refractivity contribution >= 4 is 5.97 Å². The van der Waals surface area contributed by atoms with Gasteiger partial charge >= 0.3 is 12.6 Å². The van der Waals surface area contributed by atoms with Crippen molar-refractivity contribution in [2.45, 2.75) is 38.5 Å². The number of hydrogen-bond acceptors (Lipinski definition) is 3. The van der Waals surface area contributed by atoms with Crippen molar-refractivity contribution in [3.05, 3.63) is 29.8 Å². The maximum absolute atomic E-state index is 12.2. The Balaban J connectivity index is 2.06. The van der Waals surface area contributed by atoms with E-state index >= 15 is 0 Å². The Morgan fingerprint density at radius 1 is 1.45 bits per heavy atom. The van der Waals surface area contributed by atoms with E-state index < -0.39 is 18.6 Å². The topological polar surface area (TPSA) is 49.8 Å². The second-order valence-electron chi connectivity index (χ2n) is 4.85. The number of rotatable bonds is 5. The molecule has 20 heavy (non-hydrogen) atoms. The molecule has 1 aliphatic rings. The lowest BCUT2D eigenvalue weighted by Crippen LogP contribution is -2.43. The monoisotopic (exact) mass is 285 g/mol. The second kappa shape index (κ2) is 6.65. The molecule has 0 bridgehead atoms. The zero-order valence-electron chi connectivity index (χ0n) is 11.0. The number of likely N-dealkylation sites (tertiary alicyclic amines) is 1. The van der Waals surface area contributed by atoms with Crippen LogP contribution in [0.1, 0.15) is 24.8 Å². The Morgan fingerprint density at radius 3 is 2.95 bits per heavy atom. The molecule has 6 heteroatoms. The van der Waals surface area contributed by atoms with Gasteiger partial charge in [0, 0.05) is 6.54 Å². The van der Waals surface area contributed by atoms with Crippen molar-refractivity contribution in [3.8, 4) is 5.75 Å². The second-order valence-corrected chi connectivity index (χ2v) is 4.85. The van der Waals surface area contributed by atoms with Crippen LogP contribution in [0.3, 0.4) is 0 Å². The molecule has 1 unspecified atom stereocenters. The first kappa shape index (κ1) is 14.7. The fourth-order valence-electron chi connectivity index (χ4n) is 2.51. The van der Waals surface area contributed by atoms with Crippen LogP contribution in [0.4, 0.5) is 8.78 Å². The number of alkyl halides is 2. The third kappa shape index (κ3) is 3.90. The summed E-state index contributed by atoms with van der Waals surface area (Å²) in [5, 5.41) is 9.19. The average molecular weight is 285 g/mol. The van der Waals surface area contributed by atoms with Crippen molar-refractivity contribution in [3.63, 3.8) is 0 Å². The molecule has 0 saturated carbocycles. The van der Waals surface area contributed by atoms with E-state index in [1.165, 1.54) is 12.1 Å². The van der Waals surface area contributed by atoms with Crippen molar-refractivity contribution in [2.75, 3.05) is 6.54 Å². The lowest BCUT2D eigenvalue weighted by Gasteiger charge is -2.32. The predicted octanol–water partition coefficient (Wildman–Crippen LogP) is 2.73. The Morgan fingerprint density at radius 2 is 2.25 bits per heavy atom. The summed E-state index contributed by atoms with van der Waals surface area (Å²) in [4.78, 5) is 13.1. The molecular formula is C14H17F2NO3. The van der Waals surface area contributed by atoms with Crippen LogP contribution in [0, 0.1) is 0 Å². The van der Waals surface area contributed by atoms with Gasteiger partial charge < -0.3 is 9.84 Å². The number of halogens is 2. The van der Waals surface area contributed by atoms with E-state index in [9.17, 15) is 18.7 Å². The zero-order chi connectivity index (χ0) is 14.5.